The van der Waals surface area contributed by atoms with Gasteiger partial charge in [-0.1, -0.05) is 60.7 Å². The molecule has 0 aliphatic rings. The lowest BCUT2D eigenvalue weighted by molar-refractivity contribution is -0.141. The van der Waals surface area contributed by atoms with Crippen LogP contribution < -0.4 is 0 Å². The van der Waals surface area contributed by atoms with Crippen LogP contribution in [0.4, 0.5) is 0 Å². The molecule has 2 amide bonds. The third-order valence-corrected chi connectivity index (χ3v) is 4.81. The fraction of sp³-hybridized carbons (Fsp3) is 0.261. The average Bonchev–Trinajstić information content (AvgIpc) is 3.28. The molecule has 0 aliphatic heterocycles. The van der Waals surface area contributed by atoms with Crippen molar-refractivity contribution in [1.29, 1.82) is 0 Å². The van der Waals surface area contributed by atoms with Crippen LogP contribution in [-0.4, -0.2) is 45.0 Å². The number of carbonyl (C=O) groups is 2. The Morgan fingerprint density at radius 1 is 0.931 bits per heavy atom. The fourth-order valence-corrected chi connectivity index (χ4v) is 3.16. The van der Waals surface area contributed by atoms with E-state index in [2.05, 4.69) is 5.10 Å². The van der Waals surface area contributed by atoms with Crippen molar-refractivity contribution < 1.29 is 9.59 Å². The second-order valence-electron chi connectivity index (χ2n) is 7.08. The molecule has 2 aromatic carbocycles. The summed E-state index contributed by atoms with van der Waals surface area (Å²) in [5.41, 5.74) is 2.10. The second-order valence-corrected chi connectivity index (χ2v) is 7.08. The molecule has 6 nitrogen and oxygen atoms in total. The van der Waals surface area contributed by atoms with Gasteiger partial charge < -0.3 is 9.80 Å². The molecule has 0 saturated carbocycles. The zero-order chi connectivity index (χ0) is 20.6. The lowest BCUT2D eigenvalue weighted by Gasteiger charge is -2.27. The first-order chi connectivity index (χ1) is 14.0. The van der Waals surface area contributed by atoms with E-state index >= 15 is 0 Å². The molecule has 0 aliphatic carbocycles. The summed E-state index contributed by atoms with van der Waals surface area (Å²) in [6, 6.07) is 21.1. The summed E-state index contributed by atoms with van der Waals surface area (Å²) in [7, 11) is 1.66. The lowest BCUT2D eigenvalue weighted by Crippen LogP contribution is -2.42. The van der Waals surface area contributed by atoms with Crippen molar-refractivity contribution in [3.8, 4) is 0 Å². The highest BCUT2D eigenvalue weighted by molar-refractivity contribution is 5.86. The Morgan fingerprint density at radius 3 is 1.97 bits per heavy atom. The average molecular weight is 390 g/mol. The van der Waals surface area contributed by atoms with E-state index in [4.69, 9.17) is 0 Å². The van der Waals surface area contributed by atoms with Gasteiger partial charge in [-0.15, -0.1) is 0 Å². The van der Waals surface area contributed by atoms with Crippen LogP contribution in [0.1, 0.15) is 24.1 Å². The van der Waals surface area contributed by atoms with Gasteiger partial charge in [-0.05, 0) is 24.1 Å². The van der Waals surface area contributed by atoms with E-state index < -0.39 is 6.04 Å². The van der Waals surface area contributed by atoms with Crippen LogP contribution in [0.15, 0.2) is 79.1 Å². The predicted molar refractivity (Wildman–Crippen MR) is 112 cm³/mol. The summed E-state index contributed by atoms with van der Waals surface area (Å²) >= 11 is 0. The number of hydrogen-bond donors (Lipinski definition) is 0. The molecule has 0 bridgehead atoms. The van der Waals surface area contributed by atoms with Crippen molar-refractivity contribution in [2.45, 2.75) is 26.1 Å². The molecule has 3 aromatic rings. The van der Waals surface area contributed by atoms with Crippen LogP contribution in [0, 0.1) is 0 Å². The zero-order valence-electron chi connectivity index (χ0n) is 16.8. The molecule has 1 atom stereocenters. The summed E-state index contributed by atoms with van der Waals surface area (Å²) in [4.78, 5) is 29.1. The van der Waals surface area contributed by atoms with Crippen LogP contribution in [-0.2, 0) is 22.7 Å². The maximum Gasteiger partial charge on any atom is 0.247 e. The van der Waals surface area contributed by atoms with E-state index in [0.717, 1.165) is 11.1 Å². The van der Waals surface area contributed by atoms with E-state index in [1.165, 1.54) is 4.90 Å². The Balaban J connectivity index is 1.70. The number of rotatable bonds is 8. The first kappa shape index (κ1) is 20.3. The maximum absolute atomic E-state index is 13.1. The topological polar surface area (TPSA) is 58.4 Å². The standard InChI is InChI=1S/C23H26N4O2/c1-19(27-15-9-14-24-27)23(29)25(2)18-22(28)26(16-20-10-5-3-6-11-20)17-21-12-7-4-8-13-21/h3-15,19H,16-18H2,1-2H3. The normalized spacial score (nSPS) is 11.7. The molecule has 0 N–H and O–H groups in total. The van der Waals surface area contributed by atoms with Gasteiger partial charge in [0.05, 0.1) is 6.54 Å². The number of aromatic nitrogens is 2. The summed E-state index contributed by atoms with van der Waals surface area (Å²) in [6.07, 6.45) is 3.38. The lowest BCUT2D eigenvalue weighted by atomic mass is 10.1. The van der Waals surface area contributed by atoms with E-state index in [-0.39, 0.29) is 18.4 Å². The summed E-state index contributed by atoms with van der Waals surface area (Å²) < 4.78 is 1.59. The van der Waals surface area contributed by atoms with Gasteiger partial charge in [0, 0.05) is 32.5 Å². The maximum atomic E-state index is 13.1. The number of benzene rings is 2. The van der Waals surface area contributed by atoms with Crippen molar-refractivity contribution in [3.05, 3.63) is 90.3 Å². The third kappa shape index (κ3) is 5.54. The monoisotopic (exact) mass is 390 g/mol. The molecule has 0 saturated heterocycles. The van der Waals surface area contributed by atoms with Gasteiger partial charge in [0.15, 0.2) is 0 Å². The molecule has 0 fully saturated rings. The Bertz CT molecular complexity index is 869. The zero-order valence-corrected chi connectivity index (χ0v) is 16.8. The van der Waals surface area contributed by atoms with Crippen LogP contribution in [0.5, 0.6) is 0 Å². The fourth-order valence-electron chi connectivity index (χ4n) is 3.16. The van der Waals surface area contributed by atoms with E-state index in [1.54, 1.807) is 42.0 Å². The van der Waals surface area contributed by atoms with Crippen molar-refractivity contribution in [1.82, 2.24) is 19.6 Å². The van der Waals surface area contributed by atoms with Crippen molar-refractivity contribution in [2.75, 3.05) is 13.6 Å². The molecular formula is C23H26N4O2. The van der Waals surface area contributed by atoms with Gasteiger partial charge >= 0.3 is 0 Å². The van der Waals surface area contributed by atoms with Crippen molar-refractivity contribution in [3.63, 3.8) is 0 Å². The molecule has 0 radical (unpaired) electrons. The number of likely N-dealkylation sites (N-methyl/N-ethyl adjacent to an activating group) is 1. The van der Waals surface area contributed by atoms with Gasteiger partial charge in [0.25, 0.3) is 0 Å². The van der Waals surface area contributed by atoms with Gasteiger partial charge in [0.2, 0.25) is 11.8 Å². The van der Waals surface area contributed by atoms with Crippen LogP contribution in [0.3, 0.4) is 0 Å². The van der Waals surface area contributed by atoms with Crippen LogP contribution in [0.25, 0.3) is 0 Å². The second kappa shape index (κ2) is 9.68. The number of hydrogen-bond acceptors (Lipinski definition) is 3. The molecule has 1 aromatic heterocycles. The van der Waals surface area contributed by atoms with Crippen LogP contribution in [0.2, 0.25) is 0 Å². The number of amides is 2. The SMILES string of the molecule is CC(C(=O)N(C)CC(=O)N(Cc1ccccc1)Cc1ccccc1)n1cccn1. The molecule has 150 valence electrons. The van der Waals surface area contributed by atoms with Gasteiger partial charge in [0.1, 0.15) is 6.04 Å². The van der Waals surface area contributed by atoms with E-state index in [0.29, 0.717) is 13.1 Å². The van der Waals surface area contributed by atoms with Crippen molar-refractivity contribution in [2.24, 2.45) is 0 Å². The first-order valence-electron chi connectivity index (χ1n) is 9.64. The minimum Gasteiger partial charge on any atom is -0.335 e. The Labute approximate surface area is 171 Å². The third-order valence-electron chi connectivity index (χ3n) is 4.81. The van der Waals surface area contributed by atoms with Crippen LogP contribution >= 0.6 is 0 Å². The van der Waals surface area contributed by atoms with Gasteiger partial charge in [-0.25, -0.2) is 0 Å². The Morgan fingerprint density at radius 2 is 1.48 bits per heavy atom. The highest BCUT2D eigenvalue weighted by Gasteiger charge is 2.23. The number of carbonyl (C=O) groups excluding carboxylic acids is 2. The summed E-state index contributed by atoms with van der Waals surface area (Å²) in [5.74, 6) is -0.248. The molecular weight excluding hydrogens is 364 g/mol. The summed E-state index contributed by atoms with van der Waals surface area (Å²) in [6.45, 7) is 2.78. The molecule has 29 heavy (non-hydrogen) atoms. The van der Waals surface area contributed by atoms with Gasteiger partial charge in [-0.3, -0.25) is 14.3 Å². The highest BCUT2D eigenvalue weighted by atomic mass is 16.2. The smallest absolute Gasteiger partial charge is 0.247 e. The molecule has 0 spiro atoms. The van der Waals surface area contributed by atoms with Crippen molar-refractivity contribution >= 4 is 11.8 Å². The van der Waals surface area contributed by atoms with E-state index in [1.807, 2.05) is 60.7 Å². The first-order valence-corrected chi connectivity index (χ1v) is 9.64. The predicted octanol–water partition coefficient (Wildman–Crippen LogP) is 3.13. The molecule has 1 unspecified atom stereocenters. The summed E-state index contributed by atoms with van der Waals surface area (Å²) in [5, 5.41) is 4.12. The molecule has 6 heteroatoms. The molecule has 3 rings (SSSR count). The van der Waals surface area contributed by atoms with E-state index in [9.17, 15) is 9.59 Å². The largest absolute Gasteiger partial charge is 0.335 e. The number of nitrogens with zero attached hydrogens (tertiary/aromatic N) is 4. The minimum absolute atomic E-state index is 0.0180. The Kier molecular flexibility index (Phi) is 6.79. The quantitative estimate of drug-likeness (QED) is 0.594. The highest BCUT2D eigenvalue weighted by Crippen LogP contribution is 2.12. The minimum atomic E-state index is -0.459. The Hall–Kier alpha value is -3.41. The van der Waals surface area contributed by atoms with Gasteiger partial charge in [-0.2, -0.15) is 5.10 Å². The molecule has 1 heterocycles.